The predicted octanol–water partition coefficient (Wildman–Crippen LogP) is 1.58. The van der Waals surface area contributed by atoms with Gasteiger partial charge in [-0.05, 0) is 43.9 Å². The smallest absolute Gasteiger partial charge is 0.303 e. The highest BCUT2D eigenvalue weighted by molar-refractivity contribution is 5.96. The highest BCUT2D eigenvalue weighted by Gasteiger charge is 2.89. The van der Waals surface area contributed by atoms with Crippen LogP contribution >= 0.6 is 0 Å². The van der Waals surface area contributed by atoms with E-state index in [0.717, 1.165) is 25.7 Å². The molecule has 4 saturated carbocycles. The molecule has 0 aromatic carbocycles. The second-order valence-electron chi connectivity index (χ2n) is 9.49. The second-order valence-corrected chi connectivity index (χ2v) is 9.49. The molecule has 2 aliphatic heterocycles. The molecule has 6 nitrogen and oxygen atoms in total. The Kier molecular flexibility index (Phi) is 2.67. The van der Waals surface area contributed by atoms with Gasteiger partial charge in [-0.1, -0.05) is 6.92 Å². The van der Waals surface area contributed by atoms with E-state index in [-0.39, 0.29) is 29.2 Å². The summed E-state index contributed by atoms with van der Waals surface area (Å²) in [6.07, 6.45) is 3.56. The summed E-state index contributed by atoms with van der Waals surface area (Å²) < 4.78 is 17.9. The van der Waals surface area contributed by atoms with Gasteiger partial charge >= 0.3 is 5.97 Å². The van der Waals surface area contributed by atoms with Crippen LogP contribution in [-0.4, -0.2) is 47.0 Å². The first kappa shape index (κ1) is 15.8. The van der Waals surface area contributed by atoms with Gasteiger partial charge in [0.25, 0.3) is 0 Å². The minimum Gasteiger partial charge on any atom is -0.453 e. The molecule has 26 heavy (non-hydrogen) atoms. The Morgan fingerprint density at radius 2 is 1.96 bits per heavy atom. The van der Waals surface area contributed by atoms with Crippen LogP contribution in [0.5, 0.6) is 0 Å². The third kappa shape index (κ3) is 1.50. The first-order valence-electron chi connectivity index (χ1n) is 9.95. The van der Waals surface area contributed by atoms with Crippen LogP contribution in [0.3, 0.4) is 0 Å². The van der Waals surface area contributed by atoms with E-state index in [9.17, 15) is 14.4 Å². The molecule has 6 heteroatoms. The fourth-order valence-corrected chi connectivity index (χ4v) is 7.55. The third-order valence-corrected chi connectivity index (χ3v) is 8.67. The zero-order valence-corrected chi connectivity index (χ0v) is 15.2. The standard InChI is InChI=1S/C20H24O6/c1-9(21)25-20-12-6-7-18(2)11(3-4-13(18)22)10(12)5-8-19(20)16(26-19)14(23)15-17(20)24-15/h10-12,15-17H,3-8H2,1-2H3/t10-,11-,12-,15+,16-,17+,18-,19-,20+/m0/s1. The van der Waals surface area contributed by atoms with Crippen molar-refractivity contribution in [3.63, 3.8) is 0 Å². The molecule has 0 bridgehead atoms. The number of carbonyl (C=O) groups is 3. The van der Waals surface area contributed by atoms with E-state index in [0.29, 0.717) is 30.5 Å². The van der Waals surface area contributed by atoms with Crippen LogP contribution in [0.15, 0.2) is 0 Å². The summed E-state index contributed by atoms with van der Waals surface area (Å²) in [4.78, 5) is 37.2. The summed E-state index contributed by atoms with van der Waals surface area (Å²) in [6.45, 7) is 3.56. The van der Waals surface area contributed by atoms with E-state index in [1.165, 1.54) is 6.92 Å². The molecule has 4 aliphatic carbocycles. The van der Waals surface area contributed by atoms with Gasteiger partial charge in [0.1, 0.15) is 23.6 Å². The van der Waals surface area contributed by atoms with Crippen molar-refractivity contribution in [2.75, 3.05) is 0 Å². The topological polar surface area (TPSA) is 85.5 Å². The number of ether oxygens (including phenoxy) is 3. The number of rotatable bonds is 1. The van der Waals surface area contributed by atoms with Gasteiger partial charge in [-0.15, -0.1) is 0 Å². The average molecular weight is 360 g/mol. The fraction of sp³-hybridized carbons (Fsp3) is 0.850. The molecule has 0 aromatic heterocycles. The van der Waals surface area contributed by atoms with E-state index in [2.05, 4.69) is 6.92 Å². The normalized spacial score (nSPS) is 58.7. The molecule has 0 unspecified atom stereocenters. The quantitative estimate of drug-likeness (QED) is 0.521. The maximum absolute atomic E-state index is 12.6. The van der Waals surface area contributed by atoms with Crippen molar-refractivity contribution >= 4 is 17.5 Å². The molecule has 6 fully saturated rings. The molecular formula is C20H24O6. The Labute approximate surface area is 151 Å². The summed E-state index contributed by atoms with van der Waals surface area (Å²) in [7, 11) is 0. The zero-order chi connectivity index (χ0) is 18.1. The Morgan fingerprint density at radius 3 is 2.73 bits per heavy atom. The van der Waals surface area contributed by atoms with E-state index < -0.39 is 23.4 Å². The van der Waals surface area contributed by atoms with Crippen molar-refractivity contribution in [3.8, 4) is 0 Å². The fourth-order valence-electron chi connectivity index (χ4n) is 7.55. The molecule has 9 atom stereocenters. The summed E-state index contributed by atoms with van der Waals surface area (Å²) in [5.41, 5.74) is -1.77. The Bertz CT molecular complexity index is 761. The molecule has 0 aromatic rings. The number of hydrogen-bond acceptors (Lipinski definition) is 6. The van der Waals surface area contributed by atoms with Crippen LogP contribution in [0.4, 0.5) is 0 Å². The maximum atomic E-state index is 12.6. The van der Waals surface area contributed by atoms with Gasteiger partial charge in [0.05, 0.1) is 0 Å². The van der Waals surface area contributed by atoms with E-state index in [4.69, 9.17) is 14.2 Å². The van der Waals surface area contributed by atoms with Crippen LogP contribution in [0.2, 0.25) is 0 Å². The first-order valence-corrected chi connectivity index (χ1v) is 9.95. The molecule has 140 valence electrons. The van der Waals surface area contributed by atoms with Crippen molar-refractivity contribution in [3.05, 3.63) is 0 Å². The van der Waals surface area contributed by atoms with Crippen molar-refractivity contribution in [2.45, 2.75) is 81.9 Å². The lowest BCUT2D eigenvalue weighted by Crippen LogP contribution is -2.69. The molecule has 2 heterocycles. The first-order chi connectivity index (χ1) is 12.3. The predicted molar refractivity (Wildman–Crippen MR) is 87.1 cm³/mol. The van der Waals surface area contributed by atoms with Gasteiger partial charge < -0.3 is 14.2 Å². The van der Waals surface area contributed by atoms with Crippen LogP contribution < -0.4 is 0 Å². The molecule has 2 saturated heterocycles. The minimum absolute atomic E-state index is 0.0212. The van der Waals surface area contributed by atoms with Crippen molar-refractivity contribution in [2.24, 2.45) is 23.2 Å². The number of fused-ring (bicyclic) bond motifs is 6. The Hall–Kier alpha value is -1.27. The summed E-state index contributed by atoms with van der Waals surface area (Å²) in [6, 6.07) is 0. The largest absolute Gasteiger partial charge is 0.453 e. The number of Topliss-reactive ketones (excluding diaryl/α,β-unsaturated/α-hetero) is 2. The number of carbonyl (C=O) groups excluding carboxylic acids is 3. The van der Waals surface area contributed by atoms with Gasteiger partial charge in [0.15, 0.2) is 17.5 Å². The third-order valence-electron chi connectivity index (χ3n) is 8.67. The van der Waals surface area contributed by atoms with Gasteiger partial charge in [-0.25, -0.2) is 0 Å². The van der Waals surface area contributed by atoms with Gasteiger partial charge in [-0.2, -0.15) is 0 Å². The Morgan fingerprint density at radius 1 is 1.15 bits per heavy atom. The summed E-state index contributed by atoms with van der Waals surface area (Å²) in [5, 5.41) is 0. The van der Waals surface area contributed by atoms with Crippen LogP contribution in [0.1, 0.15) is 52.4 Å². The summed E-state index contributed by atoms with van der Waals surface area (Å²) >= 11 is 0. The van der Waals surface area contributed by atoms with Crippen LogP contribution in [0.25, 0.3) is 0 Å². The molecular weight excluding hydrogens is 336 g/mol. The zero-order valence-electron chi connectivity index (χ0n) is 15.2. The number of esters is 1. The summed E-state index contributed by atoms with van der Waals surface area (Å²) in [5.74, 6) is 0.852. The van der Waals surface area contributed by atoms with Gasteiger partial charge in [0, 0.05) is 24.7 Å². The van der Waals surface area contributed by atoms with Gasteiger partial charge in [0.2, 0.25) is 0 Å². The molecule has 6 aliphatic rings. The van der Waals surface area contributed by atoms with Crippen LogP contribution in [-0.2, 0) is 28.6 Å². The Balaban J connectivity index is 1.46. The highest BCUT2D eigenvalue weighted by Crippen LogP contribution is 2.72. The lowest BCUT2D eigenvalue weighted by Gasteiger charge is -2.57. The molecule has 0 radical (unpaired) electrons. The number of hydrogen-bond donors (Lipinski definition) is 0. The van der Waals surface area contributed by atoms with E-state index in [1.54, 1.807) is 0 Å². The SMILES string of the molecule is CC(=O)O[C@]12[C@@H]3O[C@@H]3C(=O)[C@@H]3O[C@@]31CC[C@@H]1[C@@H]2CC[C@]2(C)C(=O)CC[C@@H]12. The molecule has 0 amide bonds. The van der Waals surface area contributed by atoms with E-state index in [1.807, 2.05) is 0 Å². The molecule has 1 spiro atoms. The molecule has 0 N–H and O–H groups in total. The highest BCUT2D eigenvalue weighted by atomic mass is 16.7. The van der Waals surface area contributed by atoms with Crippen molar-refractivity contribution in [1.29, 1.82) is 0 Å². The average Bonchev–Trinajstić information content (AvgIpc) is 3.48. The second kappa shape index (κ2) is 4.41. The van der Waals surface area contributed by atoms with E-state index >= 15 is 0 Å². The number of epoxide rings is 2. The lowest BCUT2D eigenvalue weighted by molar-refractivity contribution is -0.210. The molecule has 6 rings (SSSR count). The minimum atomic E-state index is -0.849. The maximum Gasteiger partial charge on any atom is 0.303 e. The van der Waals surface area contributed by atoms with Crippen LogP contribution in [0, 0.1) is 23.2 Å². The monoisotopic (exact) mass is 360 g/mol. The lowest BCUT2D eigenvalue weighted by atomic mass is 9.48. The van der Waals surface area contributed by atoms with Gasteiger partial charge in [-0.3, -0.25) is 14.4 Å². The number of ketones is 2. The van der Waals surface area contributed by atoms with Crippen molar-refractivity contribution < 1.29 is 28.6 Å². The van der Waals surface area contributed by atoms with Crippen molar-refractivity contribution in [1.82, 2.24) is 0 Å².